The highest BCUT2D eigenvalue weighted by atomic mass is 16.3. The average Bonchev–Trinajstić information content (AvgIpc) is 2.92. The van der Waals surface area contributed by atoms with Gasteiger partial charge in [0, 0.05) is 41.7 Å². The molecule has 1 aliphatic heterocycles. The molecule has 3 aromatic carbocycles. The number of hydrogen-bond donors (Lipinski definition) is 1. The molecule has 0 radical (unpaired) electrons. The van der Waals surface area contributed by atoms with Crippen LogP contribution in [-0.2, 0) is 0 Å². The molecular formula is C30H28N2O3. The van der Waals surface area contributed by atoms with Gasteiger partial charge in [-0.05, 0) is 48.6 Å². The van der Waals surface area contributed by atoms with E-state index in [1.807, 2.05) is 84.9 Å². The number of nitrogens with zero attached hydrogens (tertiary/aromatic N) is 2. The smallest absolute Gasteiger partial charge is 0.254 e. The maximum Gasteiger partial charge on any atom is 0.254 e. The standard InChI is InChI=1S/C30H28N2O3/c33-24-17-15-23(16-18-28(34)27-14-6-10-22-11-7-19-31-29(22)27)32(20-24)30(35)26-13-5-4-12-25(26)21-8-2-1-3-9-21/h1-14,19,23-24,33H,15-18,20H2. The number of carbonyl (C=O) groups is 2. The number of aliphatic hydroxyl groups excluding tert-OH is 1. The SMILES string of the molecule is O=C(CCC1CCC(O)CN1C(=O)c1ccccc1-c1ccccc1)c1cccc2cccnc12. The molecule has 1 aromatic heterocycles. The quantitative estimate of drug-likeness (QED) is 0.381. The van der Waals surface area contributed by atoms with E-state index in [9.17, 15) is 14.7 Å². The normalized spacial score (nSPS) is 17.9. The predicted molar refractivity (Wildman–Crippen MR) is 137 cm³/mol. The number of fused-ring (bicyclic) bond motifs is 1. The second-order valence-electron chi connectivity index (χ2n) is 9.10. The molecule has 0 spiro atoms. The van der Waals surface area contributed by atoms with E-state index in [1.165, 1.54) is 0 Å². The molecule has 2 atom stereocenters. The van der Waals surface area contributed by atoms with E-state index in [2.05, 4.69) is 4.98 Å². The summed E-state index contributed by atoms with van der Waals surface area (Å²) in [4.78, 5) is 33.1. The van der Waals surface area contributed by atoms with E-state index in [0.717, 1.165) is 16.5 Å². The van der Waals surface area contributed by atoms with Crippen molar-refractivity contribution in [2.75, 3.05) is 6.54 Å². The molecule has 1 saturated heterocycles. The third kappa shape index (κ3) is 4.86. The van der Waals surface area contributed by atoms with Crippen LogP contribution in [0.15, 0.2) is 91.1 Å². The first kappa shape index (κ1) is 22.9. The summed E-state index contributed by atoms with van der Waals surface area (Å²) in [6.45, 7) is 0.274. The average molecular weight is 465 g/mol. The van der Waals surface area contributed by atoms with Gasteiger partial charge >= 0.3 is 0 Å². The van der Waals surface area contributed by atoms with Crippen molar-refractivity contribution < 1.29 is 14.7 Å². The Balaban J connectivity index is 1.37. The number of β-amino-alcohol motifs (C(OH)–C–C–N with tert-alkyl or cyclic N) is 1. The van der Waals surface area contributed by atoms with Crippen molar-refractivity contribution >= 4 is 22.6 Å². The molecule has 0 aliphatic carbocycles. The number of amides is 1. The summed E-state index contributed by atoms with van der Waals surface area (Å²) >= 11 is 0. The van der Waals surface area contributed by atoms with Crippen LogP contribution in [0.2, 0.25) is 0 Å². The molecule has 5 nitrogen and oxygen atoms in total. The second kappa shape index (κ2) is 10.2. The highest BCUT2D eigenvalue weighted by molar-refractivity contribution is 6.06. The zero-order valence-electron chi connectivity index (χ0n) is 19.5. The Labute approximate surface area is 205 Å². The zero-order chi connectivity index (χ0) is 24.2. The first-order valence-electron chi connectivity index (χ1n) is 12.1. The van der Waals surface area contributed by atoms with Crippen LogP contribution in [0.1, 0.15) is 46.4 Å². The maximum atomic E-state index is 13.8. The lowest BCUT2D eigenvalue weighted by Crippen LogP contribution is -2.49. The third-order valence-corrected chi connectivity index (χ3v) is 6.82. The summed E-state index contributed by atoms with van der Waals surface area (Å²) in [6, 6.07) is 26.8. The van der Waals surface area contributed by atoms with Crippen LogP contribution in [0.4, 0.5) is 0 Å². The van der Waals surface area contributed by atoms with Crippen LogP contribution >= 0.6 is 0 Å². The van der Waals surface area contributed by atoms with Crippen LogP contribution in [0.25, 0.3) is 22.0 Å². The van der Waals surface area contributed by atoms with Crippen LogP contribution in [0, 0.1) is 0 Å². The van der Waals surface area contributed by atoms with E-state index in [0.29, 0.717) is 42.3 Å². The summed E-state index contributed by atoms with van der Waals surface area (Å²) in [7, 11) is 0. The topological polar surface area (TPSA) is 70.5 Å². The predicted octanol–water partition coefficient (Wildman–Crippen LogP) is 5.53. The van der Waals surface area contributed by atoms with Crippen molar-refractivity contribution in [1.29, 1.82) is 0 Å². The van der Waals surface area contributed by atoms with E-state index >= 15 is 0 Å². The lowest BCUT2D eigenvalue weighted by molar-refractivity contribution is 0.0252. The molecule has 0 bridgehead atoms. The van der Waals surface area contributed by atoms with Crippen LogP contribution in [0.5, 0.6) is 0 Å². The van der Waals surface area contributed by atoms with Crippen molar-refractivity contribution in [2.45, 2.75) is 37.8 Å². The summed E-state index contributed by atoms with van der Waals surface area (Å²) in [5, 5.41) is 11.3. The lowest BCUT2D eigenvalue weighted by Gasteiger charge is -2.38. The molecule has 1 aliphatic rings. The Morgan fingerprint density at radius 1 is 0.857 bits per heavy atom. The van der Waals surface area contributed by atoms with Crippen molar-refractivity contribution in [3.63, 3.8) is 0 Å². The van der Waals surface area contributed by atoms with Gasteiger partial charge in [-0.15, -0.1) is 0 Å². The Hall–Kier alpha value is -3.83. The van der Waals surface area contributed by atoms with Gasteiger partial charge in [-0.25, -0.2) is 0 Å². The second-order valence-corrected chi connectivity index (χ2v) is 9.10. The number of benzene rings is 3. The fourth-order valence-electron chi connectivity index (χ4n) is 5.01. The number of Topliss-reactive ketones (excluding diaryl/α,β-unsaturated/α-hetero) is 1. The van der Waals surface area contributed by atoms with Gasteiger partial charge in [0.2, 0.25) is 0 Å². The molecule has 0 saturated carbocycles. The lowest BCUT2D eigenvalue weighted by atomic mass is 9.92. The Bertz CT molecular complexity index is 1350. The van der Waals surface area contributed by atoms with E-state index in [-0.39, 0.29) is 24.3 Å². The molecule has 1 N–H and O–H groups in total. The summed E-state index contributed by atoms with van der Waals surface area (Å²) in [5.41, 5.74) is 3.79. The van der Waals surface area contributed by atoms with Crippen LogP contribution < -0.4 is 0 Å². The number of carbonyl (C=O) groups excluding carboxylic acids is 2. The summed E-state index contributed by atoms with van der Waals surface area (Å²) in [6.07, 6.45) is 3.30. The van der Waals surface area contributed by atoms with Gasteiger partial charge in [-0.2, -0.15) is 0 Å². The Kier molecular flexibility index (Phi) is 6.68. The molecule has 4 aromatic rings. The van der Waals surface area contributed by atoms with E-state index < -0.39 is 6.10 Å². The molecule has 5 heteroatoms. The van der Waals surface area contributed by atoms with Gasteiger partial charge < -0.3 is 10.0 Å². The number of para-hydroxylation sites is 1. The fraction of sp³-hybridized carbons (Fsp3) is 0.233. The summed E-state index contributed by atoms with van der Waals surface area (Å²) < 4.78 is 0. The minimum absolute atomic E-state index is 0.0255. The highest BCUT2D eigenvalue weighted by Crippen LogP contribution is 2.29. The number of piperidine rings is 1. The molecule has 35 heavy (non-hydrogen) atoms. The molecule has 1 amide bonds. The minimum Gasteiger partial charge on any atom is -0.391 e. The van der Waals surface area contributed by atoms with Gasteiger partial charge in [0.15, 0.2) is 5.78 Å². The van der Waals surface area contributed by atoms with Crippen molar-refractivity contribution in [2.24, 2.45) is 0 Å². The number of ketones is 1. The third-order valence-electron chi connectivity index (χ3n) is 6.82. The number of hydrogen-bond acceptors (Lipinski definition) is 4. The maximum absolute atomic E-state index is 13.8. The van der Waals surface area contributed by atoms with Crippen molar-refractivity contribution in [1.82, 2.24) is 9.88 Å². The van der Waals surface area contributed by atoms with Gasteiger partial charge in [-0.1, -0.05) is 66.7 Å². The van der Waals surface area contributed by atoms with Crippen molar-refractivity contribution in [3.05, 3.63) is 102 Å². The largest absolute Gasteiger partial charge is 0.391 e. The molecule has 2 heterocycles. The van der Waals surface area contributed by atoms with Gasteiger partial charge in [0.1, 0.15) is 0 Å². The van der Waals surface area contributed by atoms with Gasteiger partial charge in [0.05, 0.1) is 11.6 Å². The van der Waals surface area contributed by atoms with Gasteiger partial charge in [-0.3, -0.25) is 14.6 Å². The van der Waals surface area contributed by atoms with Crippen LogP contribution in [0.3, 0.4) is 0 Å². The Morgan fingerprint density at radius 2 is 1.60 bits per heavy atom. The number of aliphatic hydroxyl groups is 1. The molecule has 176 valence electrons. The molecular weight excluding hydrogens is 436 g/mol. The number of likely N-dealkylation sites (tertiary alicyclic amines) is 1. The molecule has 2 unspecified atom stereocenters. The minimum atomic E-state index is -0.558. The van der Waals surface area contributed by atoms with Crippen molar-refractivity contribution in [3.8, 4) is 11.1 Å². The zero-order valence-corrected chi connectivity index (χ0v) is 19.5. The van der Waals surface area contributed by atoms with Crippen LogP contribution in [-0.4, -0.2) is 45.4 Å². The molecule has 1 fully saturated rings. The van der Waals surface area contributed by atoms with Gasteiger partial charge in [0.25, 0.3) is 5.91 Å². The first-order chi connectivity index (χ1) is 17.1. The number of rotatable bonds is 6. The monoisotopic (exact) mass is 464 g/mol. The fourth-order valence-corrected chi connectivity index (χ4v) is 5.01. The van der Waals surface area contributed by atoms with E-state index in [4.69, 9.17) is 0 Å². The highest BCUT2D eigenvalue weighted by Gasteiger charge is 2.32. The molecule has 5 rings (SSSR count). The number of pyridine rings is 1. The Morgan fingerprint density at radius 3 is 2.46 bits per heavy atom. The summed E-state index contributed by atoms with van der Waals surface area (Å²) in [5.74, 6) is -0.0787. The number of aromatic nitrogens is 1. The van der Waals surface area contributed by atoms with E-state index in [1.54, 1.807) is 11.1 Å². The first-order valence-corrected chi connectivity index (χ1v) is 12.1.